The first-order valence-corrected chi connectivity index (χ1v) is 7.29. The quantitative estimate of drug-likeness (QED) is 0.334. The SMILES string of the molecule is CC(C)=CC1C(C(=O)OC(F)(F)c2ccc(F)c(F)c2F)C1(C)C. The van der Waals surface area contributed by atoms with Gasteiger partial charge in [0.15, 0.2) is 17.5 Å². The first kappa shape index (κ1) is 18.4. The summed E-state index contributed by atoms with van der Waals surface area (Å²) in [5, 5.41) is 0. The standard InChI is InChI=1S/C17H17F5O2/c1-8(2)7-10-12(16(10,3)4)15(23)24-17(21,22)9-5-6-11(18)14(20)13(9)19/h5-7,10,12H,1-4H3. The molecule has 1 aliphatic rings. The van der Waals surface area contributed by atoms with Crippen molar-refractivity contribution in [3.63, 3.8) is 0 Å². The van der Waals surface area contributed by atoms with Gasteiger partial charge in [-0.2, -0.15) is 8.78 Å². The van der Waals surface area contributed by atoms with Crippen molar-refractivity contribution in [2.45, 2.75) is 33.8 Å². The Balaban J connectivity index is 2.23. The summed E-state index contributed by atoms with van der Waals surface area (Å²) in [4.78, 5) is 12.0. The molecule has 1 aromatic rings. The highest BCUT2D eigenvalue weighted by Gasteiger charge is 2.62. The molecule has 24 heavy (non-hydrogen) atoms. The van der Waals surface area contributed by atoms with Crippen molar-refractivity contribution < 1.29 is 31.5 Å². The zero-order valence-corrected chi connectivity index (χ0v) is 13.6. The van der Waals surface area contributed by atoms with Crippen LogP contribution in [0.15, 0.2) is 23.8 Å². The highest BCUT2D eigenvalue weighted by Crippen LogP contribution is 2.60. The fraction of sp³-hybridized carbons (Fsp3) is 0.471. The van der Waals surface area contributed by atoms with Crippen molar-refractivity contribution >= 4 is 5.97 Å². The summed E-state index contributed by atoms with van der Waals surface area (Å²) >= 11 is 0. The molecule has 0 aliphatic heterocycles. The molecule has 0 radical (unpaired) electrons. The minimum Gasteiger partial charge on any atom is -0.397 e. The smallest absolute Gasteiger partial charge is 0.397 e. The van der Waals surface area contributed by atoms with Crippen LogP contribution in [0.2, 0.25) is 0 Å². The molecule has 1 fully saturated rings. The van der Waals surface area contributed by atoms with Gasteiger partial charge in [0, 0.05) is 0 Å². The third-order valence-electron chi connectivity index (χ3n) is 4.26. The Bertz CT molecular complexity index is 705. The van der Waals surface area contributed by atoms with E-state index in [1.54, 1.807) is 19.9 Å². The zero-order chi connectivity index (χ0) is 18.4. The van der Waals surface area contributed by atoms with Gasteiger partial charge in [-0.25, -0.2) is 13.2 Å². The second-order valence-corrected chi connectivity index (χ2v) is 6.73. The highest BCUT2D eigenvalue weighted by molar-refractivity contribution is 5.78. The van der Waals surface area contributed by atoms with E-state index in [4.69, 9.17) is 0 Å². The summed E-state index contributed by atoms with van der Waals surface area (Å²) in [5.74, 6) is -8.03. The second kappa shape index (κ2) is 5.86. The maximum absolute atomic E-state index is 14.0. The Morgan fingerprint density at radius 3 is 2.29 bits per heavy atom. The van der Waals surface area contributed by atoms with Crippen molar-refractivity contribution in [1.82, 2.24) is 0 Å². The average molecular weight is 348 g/mol. The third kappa shape index (κ3) is 3.16. The molecule has 1 aliphatic carbocycles. The van der Waals surface area contributed by atoms with E-state index in [0.717, 1.165) is 5.57 Å². The van der Waals surface area contributed by atoms with Crippen LogP contribution in [0.1, 0.15) is 33.3 Å². The summed E-state index contributed by atoms with van der Waals surface area (Å²) < 4.78 is 71.7. The summed E-state index contributed by atoms with van der Waals surface area (Å²) in [6, 6.07) is 0.704. The molecule has 0 heterocycles. The minimum absolute atomic E-state index is 0.277. The molecule has 0 aromatic heterocycles. The van der Waals surface area contributed by atoms with E-state index in [1.807, 2.05) is 13.8 Å². The van der Waals surface area contributed by atoms with Crippen molar-refractivity contribution in [3.8, 4) is 0 Å². The van der Waals surface area contributed by atoms with Crippen molar-refractivity contribution in [1.29, 1.82) is 0 Å². The van der Waals surface area contributed by atoms with Crippen molar-refractivity contribution in [3.05, 3.63) is 46.8 Å². The van der Waals surface area contributed by atoms with Gasteiger partial charge in [0.25, 0.3) is 0 Å². The third-order valence-corrected chi connectivity index (χ3v) is 4.26. The van der Waals surface area contributed by atoms with Crippen LogP contribution < -0.4 is 0 Å². The molecule has 1 saturated carbocycles. The van der Waals surface area contributed by atoms with E-state index in [9.17, 15) is 26.7 Å². The molecular weight excluding hydrogens is 331 g/mol. The van der Waals surface area contributed by atoms with Gasteiger partial charge in [0.2, 0.25) is 0 Å². The fourth-order valence-electron chi connectivity index (χ4n) is 2.79. The Morgan fingerprint density at radius 2 is 1.75 bits per heavy atom. The van der Waals surface area contributed by atoms with Crippen LogP contribution >= 0.6 is 0 Å². The van der Waals surface area contributed by atoms with Crippen molar-refractivity contribution in [2.24, 2.45) is 17.3 Å². The molecule has 7 heteroatoms. The molecule has 0 amide bonds. The number of carbonyl (C=O) groups excluding carboxylic acids is 1. The van der Waals surface area contributed by atoms with Crippen molar-refractivity contribution in [2.75, 3.05) is 0 Å². The number of hydrogen-bond donors (Lipinski definition) is 0. The van der Waals surface area contributed by atoms with E-state index in [-0.39, 0.29) is 5.92 Å². The molecule has 0 spiro atoms. The Labute approximate surface area is 136 Å². The van der Waals surface area contributed by atoms with E-state index in [0.29, 0.717) is 12.1 Å². The van der Waals surface area contributed by atoms with Gasteiger partial charge in [-0.3, -0.25) is 4.79 Å². The average Bonchev–Trinajstić information content (AvgIpc) is 2.95. The van der Waals surface area contributed by atoms with Gasteiger partial charge in [-0.1, -0.05) is 25.5 Å². The predicted octanol–water partition coefficient (Wildman–Crippen LogP) is 4.93. The molecule has 2 unspecified atom stereocenters. The van der Waals surface area contributed by atoms with E-state index < -0.39 is 46.4 Å². The Hall–Kier alpha value is -1.92. The van der Waals surface area contributed by atoms with Crippen LogP contribution in [0.5, 0.6) is 0 Å². The molecule has 2 rings (SSSR count). The monoisotopic (exact) mass is 348 g/mol. The summed E-state index contributed by atoms with van der Waals surface area (Å²) in [5.41, 5.74) is -1.18. The molecule has 0 bridgehead atoms. The maximum Gasteiger partial charge on any atom is 0.431 e. The van der Waals surface area contributed by atoms with Crippen LogP contribution in [-0.4, -0.2) is 5.97 Å². The first-order valence-electron chi connectivity index (χ1n) is 7.29. The van der Waals surface area contributed by atoms with Crippen LogP contribution in [0.4, 0.5) is 22.0 Å². The predicted molar refractivity (Wildman–Crippen MR) is 76.5 cm³/mol. The van der Waals surface area contributed by atoms with Gasteiger partial charge >= 0.3 is 12.1 Å². The zero-order valence-electron chi connectivity index (χ0n) is 13.6. The number of alkyl halides is 2. The summed E-state index contributed by atoms with van der Waals surface area (Å²) in [6.07, 6.45) is -2.62. The minimum atomic E-state index is -4.40. The lowest BCUT2D eigenvalue weighted by Crippen LogP contribution is -2.26. The maximum atomic E-state index is 14.0. The van der Waals surface area contributed by atoms with Gasteiger partial charge < -0.3 is 4.74 Å². The van der Waals surface area contributed by atoms with Crippen LogP contribution in [0.25, 0.3) is 0 Å². The lowest BCUT2D eigenvalue weighted by Gasteiger charge is -2.18. The number of ether oxygens (including phenoxy) is 1. The fourth-order valence-corrected chi connectivity index (χ4v) is 2.79. The number of rotatable bonds is 4. The Kier molecular flexibility index (Phi) is 4.50. The van der Waals surface area contributed by atoms with Crippen LogP contribution in [0.3, 0.4) is 0 Å². The summed E-state index contributed by atoms with van der Waals surface area (Å²) in [7, 11) is 0. The number of benzene rings is 1. The first-order chi connectivity index (χ1) is 10.9. The van der Waals surface area contributed by atoms with Gasteiger partial charge in [-0.05, 0) is 37.3 Å². The number of halogens is 5. The van der Waals surface area contributed by atoms with E-state index in [1.165, 1.54) is 0 Å². The molecule has 2 atom stereocenters. The molecule has 0 saturated heterocycles. The van der Waals surface area contributed by atoms with E-state index in [2.05, 4.69) is 4.74 Å². The Morgan fingerprint density at radius 1 is 1.17 bits per heavy atom. The normalized spacial score (nSPS) is 22.0. The van der Waals surface area contributed by atoms with Gasteiger partial charge in [0.05, 0.1) is 5.92 Å². The number of esters is 1. The van der Waals surface area contributed by atoms with E-state index >= 15 is 0 Å². The van der Waals surface area contributed by atoms with Gasteiger partial charge in [-0.15, -0.1) is 0 Å². The lowest BCUT2D eigenvalue weighted by atomic mass is 10.1. The molecule has 1 aromatic carbocycles. The number of hydrogen-bond acceptors (Lipinski definition) is 2. The number of carbonyl (C=O) groups is 1. The largest absolute Gasteiger partial charge is 0.431 e. The lowest BCUT2D eigenvalue weighted by molar-refractivity contribution is -0.243. The molecule has 0 N–H and O–H groups in total. The number of allylic oxidation sites excluding steroid dienone is 2. The molecule has 132 valence electrons. The molecule has 2 nitrogen and oxygen atoms in total. The topological polar surface area (TPSA) is 26.3 Å². The summed E-state index contributed by atoms with van der Waals surface area (Å²) in [6.45, 7) is 7.06. The molecular formula is C17H17F5O2. The highest BCUT2D eigenvalue weighted by atomic mass is 19.3. The van der Waals surface area contributed by atoms with Crippen LogP contribution in [-0.2, 0) is 15.6 Å². The second-order valence-electron chi connectivity index (χ2n) is 6.73. The van der Waals surface area contributed by atoms with Gasteiger partial charge in [0.1, 0.15) is 5.56 Å². The van der Waals surface area contributed by atoms with Crippen LogP contribution in [0, 0.1) is 34.7 Å².